The number of fused-ring (bicyclic) bond motifs is 1. The number of hydrogen-bond donors (Lipinski definition) is 3. The van der Waals surface area contributed by atoms with Gasteiger partial charge in [0, 0.05) is 18.7 Å². The minimum Gasteiger partial charge on any atom is -0.351 e. The van der Waals surface area contributed by atoms with E-state index in [1.807, 2.05) is 31.2 Å². The van der Waals surface area contributed by atoms with E-state index in [1.54, 1.807) is 26.0 Å². The van der Waals surface area contributed by atoms with Gasteiger partial charge in [-0.05, 0) is 55.0 Å². The van der Waals surface area contributed by atoms with E-state index in [2.05, 4.69) is 15.4 Å². The second-order valence-corrected chi connectivity index (χ2v) is 9.98. The van der Waals surface area contributed by atoms with E-state index in [1.165, 1.54) is 6.07 Å². The zero-order valence-corrected chi connectivity index (χ0v) is 18.9. The highest BCUT2D eigenvalue weighted by Crippen LogP contribution is 2.25. The predicted molar refractivity (Wildman–Crippen MR) is 120 cm³/mol. The van der Waals surface area contributed by atoms with Gasteiger partial charge >= 0.3 is 0 Å². The van der Waals surface area contributed by atoms with Crippen LogP contribution in [0.15, 0.2) is 47.4 Å². The number of carbonyl (C=O) groups excluding carboxylic acids is 2. The largest absolute Gasteiger partial charge is 0.351 e. The molecule has 2 aromatic rings. The van der Waals surface area contributed by atoms with Gasteiger partial charge in [0.05, 0.1) is 4.90 Å². The van der Waals surface area contributed by atoms with Crippen molar-refractivity contribution in [2.24, 2.45) is 5.92 Å². The van der Waals surface area contributed by atoms with E-state index in [9.17, 15) is 18.0 Å². The van der Waals surface area contributed by atoms with Crippen LogP contribution in [0.5, 0.6) is 0 Å². The lowest BCUT2D eigenvalue weighted by Crippen LogP contribution is -2.49. The molecule has 8 heteroatoms. The van der Waals surface area contributed by atoms with Crippen molar-refractivity contribution < 1.29 is 18.0 Å². The molecule has 2 aromatic carbocycles. The Labute approximate surface area is 183 Å². The smallest absolute Gasteiger partial charge is 0.241 e. The molecule has 31 heavy (non-hydrogen) atoms. The van der Waals surface area contributed by atoms with Crippen LogP contribution in [0, 0.1) is 12.8 Å². The van der Waals surface area contributed by atoms with Gasteiger partial charge in [0.2, 0.25) is 21.8 Å². The molecule has 3 N–H and O–H groups in total. The van der Waals surface area contributed by atoms with Crippen LogP contribution in [-0.4, -0.2) is 26.3 Å². The summed E-state index contributed by atoms with van der Waals surface area (Å²) >= 11 is 0. The molecule has 0 spiro atoms. The fourth-order valence-electron chi connectivity index (χ4n) is 3.45. The summed E-state index contributed by atoms with van der Waals surface area (Å²) in [7, 11) is -3.92. The van der Waals surface area contributed by atoms with Gasteiger partial charge in [-0.3, -0.25) is 9.59 Å². The summed E-state index contributed by atoms with van der Waals surface area (Å²) in [5.41, 5.74) is 3.48. The average molecular weight is 444 g/mol. The van der Waals surface area contributed by atoms with Gasteiger partial charge in [0.1, 0.15) is 6.04 Å². The third-order valence-electron chi connectivity index (χ3n) is 5.33. The molecule has 0 radical (unpaired) electrons. The Morgan fingerprint density at radius 3 is 2.48 bits per heavy atom. The number of sulfonamides is 1. The second kappa shape index (κ2) is 9.62. The minimum absolute atomic E-state index is 0.0717. The van der Waals surface area contributed by atoms with Gasteiger partial charge < -0.3 is 10.6 Å². The summed E-state index contributed by atoms with van der Waals surface area (Å²) in [5, 5.41) is 5.62. The molecule has 166 valence electrons. The summed E-state index contributed by atoms with van der Waals surface area (Å²) < 4.78 is 28.6. The highest BCUT2D eigenvalue weighted by Gasteiger charge is 2.29. The topological polar surface area (TPSA) is 104 Å². The van der Waals surface area contributed by atoms with Crippen LogP contribution in [0.2, 0.25) is 0 Å². The van der Waals surface area contributed by atoms with Gasteiger partial charge in [-0.2, -0.15) is 4.72 Å². The average Bonchev–Trinajstić information content (AvgIpc) is 2.91. The van der Waals surface area contributed by atoms with Gasteiger partial charge in [0.25, 0.3) is 0 Å². The zero-order chi connectivity index (χ0) is 22.6. The first-order valence-corrected chi connectivity index (χ1v) is 11.9. The summed E-state index contributed by atoms with van der Waals surface area (Å²) in [6.45, 7) is 5.90. The molecular formula is C23H29N3O4S. The highest BCUT2D eigenvalue weighted by molar-refractivity contribution is 7.89. The molecule has 0 fully saturated rings. The number of benzene rings is 2. The second-order valence-electron chi connectivity index (χ2n) is 8.27. The number of carbonyl (C=O) groups is 2. The van der Waals surface area contributed by atoms with Gasteiger partial charge in [-0.1, -0.05) is 43.7 Å². The molecule has 1 aliphatic rings. The van der Waals surface area contributed by atoms with Gasteiger partial charge in [-0.25, -0.2) is 8.42 Å². The monoisotopic (exact) mass is 443 g/mol. The van der Waals surface area contributed by atoms with Crippen molar-refractivity contribution in [3.05, 3.63) is 59.2 Å². The number of amides is 2. The lowest BCUT2D eigenvalue weighted by atomic mass is 10.0. The Balaban J connectivity index is 1.73. The third-order valence-corrected chi connectivity index (χ3v) is 6.77. The van der Waals surface area contributed by atoms with Crippen LogP contribution in [0.3, 0.4) is 0 Å². The van der Waals surface area contributed by atoms with Crippen molar-refractivity contribution in [3.8, 4) is 0 Å². The molecule has 7 nitrogen and oxygen atoms in total. The first-order valence-electron chi connectivity index (χ1n) is 10.4. The standard InChI is InChI=1S/C23H29N3O4S/c1-15(2)22(23(28)24-14-17-9-7-16(3)8-10-17)26-31(29,30)19-11-12-20-18(13-19)5-4-6-21(27)25-20/h7-13,15,22,26H,4-6,14H2,1-3H3,(H,24,28)(H,25,27)/t22-/m1/s1. The molecule has 0 aliphatic carbocycles. The van der Waals surface area contributed by atoms with Crippen molar-refractivity contribution in [1.29, 1.82) is 0 Å². The maximum absolute atomic E-state index is 13.0. The Kier molecular flexibility index (Phi) is 7.12. The van der Waals surface area contributed by atoms with Crippen LogP contribution < -0.4 is 15.4 Å². The number of nitrogens with one attached hydrogen (secondary N) is 3. The zero-order valence-electron chi connectivity index (χ0n) is 18.1. The molecule has 3 rings (SSSR count). The molecule has 2 amide bonds. The summed E-state index contributed by atoms with van der Waals surface area (Å²) in [5.74, 6) is -0.688. The summed E-state index contributed by atoms with van der Waals surface area (Å²) in [6.07, 6.45) is 1.68. The normalized spacial score (nSPS) is 15.0. The fourth-order valence-corrected chi connectivity index (χ4v) is 4.84. The molecule has 1 heterocycles. The molecule has 0 bridgehead atoms. The first kappa shape index (κ1) is 23.0. The minimum atomic E-state index is -3.92. The molecule has 0 unspecified atom stereocenters. The number of hydrogen-bond acceptors (Lipinski definition) is 4. The summed E-state index contributed by atoms with van der Waals surface area (Å²) in [6, 6.07) is 11.5. The van der Waals surface area contributed by atoms with Crippen LogP contribution >= 0.6 is 0 Å². The van der Waals surface area contributed by atoms with E-state index in [4.69, 9.17) is 0 Å². The third kappa shape index (κ3) is 5.92. The van der Waals surface area contributed by atoms with Crippen molar-refractivity contribution in [2.75, 3.05) is 5.32 Å². The van der Waals surface area contributed by atoms with Crippen molar-refractivity contribution in [2.45, 2.75) is 57.5 Å². The Morgan fingerprint density at radius 2 is 1.81 bits per heavy atom. The first-order chi connectivity index (χ1) is 14.7. The number of aryl methyl sites for hydroxylation is 2. The highest BCUT2D eigenvalue weighted by atomic mass is 32.2. The summed E-state index contributed by atoms with van der Waals surface area (Å²) in [4.78, 5) is 24.6. The van der Waals surface area contributed by atoms with Crippen LogP contribution in [0.25, 0.3) is 0 Å². The van der Waals surface area contributed by atoms with Crippen molar-refractivity contribution >= 4 is 27.5 Å². The fraction of sp³-hybridized carbons (Fsp3) is 0.391. The number of rotatable bonds is 7. The van der Waals surface area contributed by atoms with Crippen molar-refractivity contribution in [1.82, 2.24) is 10.0 Å². The quantitative estimate of drug-likeness (QED) is 0.612. The molecular weight excluding hydrogens is 414 g/mol. The van der Waals surface area contributed by atoms with Gasteiger partial charge in [-0.15, -0.1) is 0 Å². The van der Waals surface area contributed by atoms with E-state index < -0.39 is 16.1 Å². The molecule has 1 aliphatic heterocycles. The molecule has 0 saturated heterocycles. The Hall–Kier alpha value is -2.71. The molecule has 0 saturated carbocycles. The van der Waals surface area contributed by atoms with E-state index in [-0.39, 0.29) is 22.6 Å². The van der Waals surface area contributed by atoms with Crippen LogP contribution in [0.4, 0.5) is 5.69 Å². The predicted octanol–water partition coefficient (Wildman–Crippen LogP) is 2.89. The Morgan fingerprint density at radius 1 is 1.10 bits per heavy atom. The maximum Gasteiger partial charge on any atom is 0.241 e. The van der Waals surface area contributed by atoms with E-state index in [0.717, 1.165) is 16.7 Å². The van der Waals surface area contributed by atoms with E-state index >= 15 is 0 Å². The lowest BCUT2D eigenvalue weighted by Gasteiger charge is -2.22. The number of anilines is 1. The van der Waals surface area contributed by atoms with Crippen molar-refractivity contribution in [3.63, 3.8) is 0 Å². The molecule has 0 aromatic heterocycles. The van der Waals surface area contributed by atoms with Gasteiger partial charge in [0.15, 0.2) is 0 Å². The SMILES string of the molecule is Cc1ccc(CNC(=O)[C@H](NS(=O)(=O)c2ccc3c(c2)CCCC(=O)N3)C(C)C)cc1. The van der Waals surface area contributed by atoms with Crippen LogP contribution in [-0.2, 0) is 32.6 Å². The molecule has 1 atom stereocenters. The maximum atomic E-state index is 13.0. The van der Waals surface area contributed by atoms with E-state index in [0.29, 0.717) is 31.5 Å². The van der Waals surface area contributed by atoms with Crippen LogP contribution in [0.1, 0.15) is 43.4 Å². The lowest BCUT2D eigenvalue weighted by molar-refractivity contribution is -0.123. The Bertz CT molecular complexity index is 1060.